The number of benzene rings is 2. The SMILES string of the molecule is NC(=O)c1cccc2cn(-c3ccc(NC(=O)C[NH+]4CCOCC4)cc3)nc12.[Cl-]. The summed E-state index contributed by atoms with van der Waals surface area (Å²) in [5.41, 5.74) is 7.94. The summed E-state index contributed by atoms with van der Waals surface area (Å²) < 4.78 is 7.01. The molecule has 0 radical (unpaired) electrons. The van der Waals surface area contributed by atoms with Crippen molar-refractivity contribution in [2.45, 2.75) is 0 Å². The van der Waals surface area contributed by atoms with Crippen LogP contribution in [0, 0.1) is 0 Å². The van der Waals surface area contributed by atoms with Gasteiger partial charge in [0.05, 0.1) is 24.5 Å². The zero-order chi connectivity index (χ0) is 19.5. The number of carbonyl (C=O) groups is 2. The molecule has 8 nitrogen and oxygen atoms in total. The third-order valence-corrected chi connectivity index (χ3v) is 4.83. The summed E-state index contributed by atoms with van der Waals surface area (Å²) >= 11 is 0. The minimum Gasteiger partial charge on any atom is -1.00 e. The van der Waals surface area contributed by atoms with E-state index in [0.29, 0.717) is 30.8 Å². The summed E-state index contributed by atoms with van der Waals surface area (Å²) in [7, 11) is 0. The average molecular weight is 416 g/mol. The van der Waals surface area contributed by atoms with Crippen molar-refractivity contribution >= 4 is 28.4 Å². The van der Waals surface area contributed by atoms with Crippen molar-refractivity contribution in [1.82, 2.24) is 9.78 Å². The van der Waals surface area contributed by atoms with Crippen molar-refractivity contribution in [2.24, 2.45) is 5.73 Å². The maximum absolute atomic E-state index is 12.2. The molecular formula is C20H22ClN5O3. The van der Waals surface area contributed by atoms with E-state index in [9.17, 15) is 9.59 Å². The van der Waals surface area contributed by atoms with E-state index < -0.39 is 5.91 Å². The van der Waals surface area contributed by atoms with E-state index in [-0.39, 0.29) is 18.3 Å². The molecule has 1 aliphatic rings. The number of morpholine rings is 1. The zero-order valence-electron chi connectivity index (χ0n) is 15.7. The molecule has 0 spiro atoms. The number of quaternary nitrogens is 1. The number of primary amides is 1. The fourth-order valence-electron chi connectivity index (χ4n) is 3.34. The highest BCUT2D eigenvalue weighted by Crippen LogP contribution is 2.20. The molecule has 0 unspecified atom stereocenters. The van der Waals surface area contributed by atoms with Gasteiger partial charge in [-0.3, -0.25) is 9.59 Å². The third-order valence-electron chi connectivity index (χ3n) is 4.83. The number of nitrogens with zero attached hydrogens (tertiary/aromatic N) is 2. The van der Waals surface area contributed by atoms with Gasteiger partial charge in [-0.05, 0) is 30.3 Å². The largest absolute Gasteiger partial charge is 1.00 e. The minimum atomic E-state index is -0.503. The first-order chi connectivity index (χ1) is 13.6. The minimum absolute atomic E-state index is 0. The van der Waals surface area contributed by atoms with Crippen LogP contribution >= 0.6 is 0 Å². The number of halogens is 1. The molecule has 1 fully saturated rings. The number of anilines is 1. The van der Waals surface area contributed by atoms with Crippen molar-refractivity contribution in [1.29, 1.82) is 0 Å². The first-order valence-corrected chi connectivity index (χ1v) is 9.20. The van der Waals surface area contributed by atoms with Crippen LogP contribution in [0.15, 0.2) is 48.7 Å². The lowest BCUT2D eigenvalue weighted by Crippen LogP contribution is -3.15. The van der Waals surface area contributed by atoms with Crippen molar-refractivity contribution in [3.8, 4) is 5.69 Å². The lowest BCUT2D eigenvalue weighted by atomic mass is 10.1. The molecule has 0 saturated carbocycles. The number of hydrogen-bond acceptors (Lipinski definition) is 4. The number of carbonyl (C=O) groups excluding carboxylic acids is 2. The van der Waals surface area contributed by atoms with E-state index in [1.165, 1.54) is 4.90 Å². The van der Waals surface area contributed by atoms with Gasteiger partial charge in [0.15, 0.2) is 6.54 Å². The molecule has 2 heterocycles. The Morgan fingerprint density at radius 2 is 1.86 bits per heavy atom. The summed E-state index contributed by atoms with van der Waals surface area (Å²) in [6.45, 7) is 3.55. The number of aromatic nitrogens is 2. The highest BCUT2D eigenvalue weighted by molar-refractivity contribution is 6.04. The van der Waals surface area contributed by atoms with Crippen molar-refractivity contribution in [2.75, 3.05) is 38.2 Å². The van der Waals surface area contributed by atoms with Gasteiger partial charge < -0.3 is 33.1 Å². The topological polar surface area (TPSA) is 104 Å². The van der Waals surface area contributed by atoms with E-state index in [1.54, 1.807) is 16.8 Å². The molecule has 29 heavy (non-hydrogen) atoms. The molecule has 152 valence electrons. The fourth-order valence-corrected chi connectivity index (χ4v) is 3.34. The second-order valence-electron chi connectivity index (χ2n) is 6.82. The van der Waals surface area contributed by atoms with Gasteiger partial charge in [0.25, 0.3) is 11.8 Å². The maximum atomic E-state index is 12.2. The third kappa shape index (κ3) is 4.73. The van der Waals surface area contributed by atoms with E-state index in [1.807, 2.05) is 36.5 Å². The molecule has 0 aliphatic carbocycles. The molecule has 1 saturated heterocycles. The second-order valence-corrected chi connectivity index (χ2v) is 6.82. The number of amides is 2. The summed E-state index contributed by atoms with van der Waals surface area (Å²) in [6, 6.07) is 12.7. The first kappa shape index (κ1) is 20.8. The van der Waals surface area contributed by atoms with Gasteiger partial charge in [0.1, 0.15) is 18.6 Å². The molecule has 0 atom stereocenters. The van der Waals surface area contributed by atoms with Gasteiger partial charge in [-0.25, -0.2) is 4.68 Å². The molecule has 1 aliphatic heterocycles. The molecule has 4 N–H and O–H groups in total. The smallest absolute Gasteiger partial charge is 0.279 e. The van der Waals surface area contributed by atoms with Gasteiger partial charge >= 0.3 is 0 Å². The Labute approximate surface area is 174 Å². The summed E-state index contributed by atoms with van der Waals surface area (Å²) in [4.78, 5) is 25.0. The van der Waals surface area contributed by atoms with Gasteiger partial charge in [-0.1, -0.05) is 12.1 Å². The molecule has 2 aromatic carbocycles. The monoisotopic (exact) mass is 415 g/mol. The Morgan fingerprint density at radius 1 is 1.14 bits per heavy atom. The van der Waals surface area contributed by atoms with Crippen LogP contribution in [0.4, 0.5) is 5.69 Å². The lowest BCUT2D eigenvalue weighted by molar-refractivity contribution is -0.899. The van der Waals surface area contributed by atoms with Crippen LogP contribution in [0.5, 0.6) is 0 Å². The Bertz CT molecular complexity index is 1010. The van der Waals surface area contributed by atoms with Gasteiger partial charge in [-0.15, -0.1) is 0 Å². The number of nitrogens with one attached hydrogen (secondary N) is 2. The molecule has 9 heteroatoms. The summed E-state index contributed by atoms with van der Waals surface area (Å²) in [5, 5.41) is 8.25. The van der Waals surface area contributed by atoms with E-state index in [0.717, 1.165) is 29.9 Å². The van der Waals surface area contributed by atoms with Crippen molar-refractivity contribution < 1.29 is 31.6 Å². The van der Waals surface area contributed by atoms with E-state index in [4.69, 9.17) is 10.5 Å². The molecule has 2 amide bonds. The first-order valence-electron chi connectivity index (χ1n) is 9.20. The van der Waals surface area contributed by atoms with Crippen LogP contribution in [0.2, 0.25) is 0 Å². The van der Waals surface area contributed by atoms with E-state index >= 15 is 0 Å². The van der Waals surface area contributed by atoms with Gasteiger partial charge in [0.2, 0.25) is 0 Å². The standard InChI is InChI=1S/C20H21N5O3.ClH/c21-20(27)17-3-1-2-14-12-25(23-19(14)17)16-6-4-15(5-7-16)22-18(26)13-24-8-10-28-11-9-24;/h1-7,12H,8-11,13H2,(H2,21,27)(H,22,26);1H. The average Bonchev–Trinajstić information content (AvgIpc) is 3.13. The van der Waals surface area contributed by atoms with Crippen molar-refractivity contribution in [3.63, 3.8) is 0 Å². The number of rotatable bonds is 5. The maximum Gasteiger partial charge on any atom is 0.279 e. The van der Waals surface area contributed by atoms with Gasteiger partial charge in [-0.2, -0.15) is 5.10 Å². The molecule has 3 aromatic rings. The second kappa shape index (κ2) is 9.04. The molecular weight excluding hydrogens is 394 g/mol. The Kier molecular flexibility index (Phi) is 6.48. The zero-order valence-corrected chi connectivity index (χ0v) is 16.5. The summed E-state index contributed by atoms with van der Waals surface area (Å²) in [5.74, 6) is -0.517. The Hall–Kier alpha value is -2.94. The molecule has 4 rings (SSSR count). The van der Waals surface area contributed by atoms with Crippen LogP contribution in [0.1, 0.15) is 10.4 Å². The molecule has 0 bridgehead atoms. The quantitative estimate of drug-likeness (QED) is 0.413. The van der Waals surface area contributed by atoms with Crippen LogP contribution < -0.4 is 28.4 Å². The van der Waals surface area contributed by atoms with Crippen LogP contribution in [-0.4, -0.2) is 54.4 Å². The van der Waals surface area contributed by atoms with E-state index in [2.05, 4.69) is 10.4 Å². The predicted octanol–water partition coefficient (Wildman–Crippen LogP) is -3.02. The number of nitrogens with two attached hydrogens (primary N) is 1. The van der Waals surface area contributed by atoms with Crippen LogP contribution in [-0.2, 0) is 9.53 Å². The molecule has 1 aromatic heterocycles. The summed E-state index contributed by atoms with van der Waals surface area (Å²) in [6.07, 6.45) is 1.84. The number of fused-ring (bicyclic) bond motifs is 1. The van der Waals surface area contributed by atoms with Gasteiger partial charge in [0, 0.05) is 17.3 Å². The number of hydrogen-bond donors (Lipinski definition) is 3. The van der Waals surface area contributed by atoms with Crippen molar-refractivity contribution in [3.05, 3.63) is 54.2 Å². The predicted molar refractivity (Wildman–Crippen MR) is 105 cm³/mol. The highest BCUT2D eigenvalue weighted by Gasteiger charge is 2.17. The lowest BCUT2D eigenvalue weighted by Gasteiger charge is -2.23. The highest BCUT2D eigenvalue weighted by atomic mass is 35.5. The fraction of sp³-hybridized carbons (Fsp3) is 0.250. The Balaban J connectivity index is 0.00000240. The normalized spacial score (nSPS) is 14.3. The Morgan fingerprint density at radius 3 is 2.55 bits per heavy atom. The van der Waals surface area contributed by atoms with Crippen LogP contribution in [0.25, 0.3) is 16.6 Å². The number of ether oxygens (including phenoxy) is 1. The van der Waals surface area contributed by atoms with Crippen LogP contribution in [0.3, 0.4) is 0 Å².